The number of benzene rings is 2. The summed E-state index contributed by atoms with van der Waals surface area (Å²) in [6.45, 7) is 3.09. The van der Waals surface area contributed by atoms with E-state index >= 15 is 0 Å². The van der Waals surface area contributed by atoms with Crippen LogP contribution in [0.15, 0.2) is 47.5 Å². The van der Waals surface area contributed by atoms with Gasteiger partial charge in [-0.15, -0.1) is 0 Å². The first kappa shape index (κ1) is 25.6. The fourth-order valence-corrected chi connectivity index (χ4v) is 2.46. The van der Waals surface area contributed by atoms with Crippen molar-refractivity contribution in [1.29, 1.82) is 0 Å². The predicted molar refractivity (Wildman–Crippen MR) is 124 cm³/mol. The van der Waals surface area contributed by atoms with Crippen molar-refractivity contribution in [2.24, 2.45) is 4.99 Å². The molecule has 4 amide bonds. The molecule has 2 aromatic rings. The van der Waals surface area contributed by atoms with E-state index in [2.05, 4.69) is 35.7 Å². The molecule has 0 aromatic heterocycles. The minimum atomic E-state index is -0.878. The van der Waals surface area contributed by atoms with E-state index in [1.165, 1.54) is 19.1 Å². The van der Waals surface area contributed by atoms with Crippen LogP contribution in [0.25, 0.3) is 0 Å². The zero-order valence-electron chi connectivity index (χ0n) is 19.1. The fraction of sp³-hybridized carbons (Fsp3) is 0.227. The van der Waals surface area contributed by atoms with E-state index in [9.17, 15) is 19.2 Å². The molecule has 0 spiro atoms. The number of carbonyl (C=O) groups is 4. The molecule has 0 heterocycles. The quantitative estimate of drug-likeness (QED) is 0.371. The number of hydrogen-bond donors (Lipinski definition) is 4. The summed E-state index contributed by atoms with van der Waals surface area (Å²) in [4.78, 5) is 50.6. The van der Waals surface area contributed by atoms with E-state index in [-0.39, 0.29) is 35.6 Å². The molecule has 0 radical (unpaired) electrons. The van der Waals surface area contributed by atoms with E-state index in [1.54, 1.807) is 37.3 Å². The standard InChI is InChI=1S/C22H25N5O7/c1-5-19(29)24-18-12-16(34-15-8-6-14(7-9-15)23-13(2)28)10-11-17(18)25-20(26-21(30)32-3)27-22(31)33-4/h6-12H,5H2,1-4H3,(H,23,28)(H,24,29)(H2,25,26,27,30,31). The lowest BCUT2D eigenvalue weighted by atomic mass is 10.2. The molecule has 0 aliphatic rings. The Balaban J connectivity index is 2.36. The van der Waals surface area contributed by atoms with Crippen LogP contribution in [0.4, 0.5) is 26.7 Å². The van der Waals surface area contributed by atoms with Crippen molar-refractivity contribution in [3.63, 3.8) is 0 Å². The van der Waals surface area contributed by atoms with Gasteiger partial charge in [-0.2, -0.15) is 0 Å². The molecule has 0 saturated heterocycles. The van der Waals surface area contributed by atoms with Crippen molar-refractivity contribution in [3.8, 4) is 11.5 Å². The van der Waals surface area contributed by atoms with Crippen LogP contribution in [-0.2, 0) is 19.1 Å². The highest BCUT2D eigenvalue weighted by atomic mass is 16.5. The molecule has 34 heavy (non-hydrogen) atoms. The Morgan fingerprint density at radius 3 is 1.97 bits per heavy atom. The third-order valence-corrected chi connectivity index (χ3v) is 4.02. The molecule has 0 saturated carbocycles. The van der Waals surface area contributed by atoms with Crippen LogP contribution in [-0.4, -0.2) is 44.2 Å². The van der Waals surface area contributed by atoms with Crippen LogP contribution in [0, 0.1) is 0 Å². The number of amides is 4. The number of guanidine groups is 1. The second kappa shape index (κ2) is 12.4. The van der Waals surface area contributed by atoms with E-state index in [0.29, 0.717) is 17.2 Å². The van der Waals surface area contributed by atoms with Crippen molar-refractivity contribution in [2.75, 3.05) is 24.9 Å². The molecule has 180 valence electrons. The molecule has 0 fully saturated rings. The SMILES string of the molecule is CCC(=O)Nc1cc(Oc2ccc(NC(C)=O)cc2)ccc1N=C(NC(=O)OC)NC(=O)OC. The van der Waals surface area contributed by atoms with Gasteiger partial charge in [0.1, 0.15) is 11.5 Å². The number of methoxy groups -OCH3 is 2. The maximum atomic E-state index is 12.0. The van der Waals surface area contributed by atoms with Crippen LogP contribution >= 0.6 is 0 Å². The van der Waals surface area contributed by atoms with Gasteiger partial charge in [-0.1, -0.05) is 6.92 Å². The number of hydrogen-bond acceptors (Lipinski definition) is 8. The summed E-state index contributed by atoms with van der Waals surface area (Å²) < 4.78 is 14.9. The molecule has 2 rings (SSSR count). The van der Waals surface area contributed by atoms with Crippen molar-refractivity contribution in [1.82, 2.24) is 10.6 Å². The molecular formula is C22H25N5O7. The highest BCUT2D eigenvalue weighted by Crippen LogP contribution is 2.32. The molecule has 2 aromatic carbocycles. The van der Waals surface area contributed by atoms with Gasteiger partial charge in [0.2, 0.25) is 17.8 Å². The van der Waals surface area contributed by atoms with Crippen LogP contribution in [0.2, 0.25) is 0 Å². The second-order valence-electron chi connectivity index (χ2n) is 6.58. The summed E-state index contributed by atoms with van der Waals surface area (Å²) in [6, 6.07) is 11.3. The van der Waals surface area contributed by atoms with Crippen molar-refractivity contribution in [3.05, 3.63) is 42.5 Å². The van der Waals surface area contributed by atoms with E-state index in [0.717, 1.165) is 14.2 Å². The summed E-state index contributed by atoms with van der Waals surface area (Å²) in [5.41, 5.74) is 1.08. The number of nitrogens with zero attached hydrogens (tertiary/aromatic N) is 1. The first-order valence-electron chi connectivity index (χ1n) is 10.0. The Bertz CT molecular complexity index is 1060. The summed E-state index contributed by atoms with van der Waals surface area (Å²) in [6.07, 6.45) is -1.55. The lowest BCUT2D eigenvalue weighted by molar-refractivity contribution is -0.116. The van der Waals surface area contributed by atoms with Gasteiger partial charge < -0.3 is 24.8 Å². The third-order valence-electron chi connectivity index (χ3n) is 4.02. The highest BCUT2D eigenvalue weighted by Gasteiger charge is 2.14. The van der Waals surface area contributed by atoms with E-state index < -0.39 is 12.2 Å². The number of nitrogens with one attached hydrogen (secondary N) is 4. The van der Waals surface area contributed by atoms with Gasteiger partial charge in [0.25, 0.3) is 0 Å². The topological polar surface area (TPSA) is 156 Å². The summed E-state index contributed by atoms with van der Waals surface area (Å²) in [7, 11) is 2.29. The largest absolute Gasteiger partial charge is 0.457 e. The van der Waals surface area contributed by atoms with Crippen LogP contribution in [0.3, 0.4) is 0 Å². The lowest BCUT2D eigenvalue weighted by Crippen LogP contribution is -2.43. The maximum Gasteiger partial charge on any atom is 0.413 e. The number of ether oxygens (including phenoxy) is 3. The smallest absolute Gasteiger partial charge is 0.413 e. The number of carbonyl (C=O) groups excluding carboxylic acids is 4. The van der Waals surface area contributed by atoms with Gasteiger partial charge in [0.15, 0.2) is 0 Å². The molecular weight excluding hydrogens is 446 g/mol. The molecule has 0 unspecified atom stereocenters. The first-order chi connectivity index (χ1) is 16.2. The van der Waals surface area contributed by atoms with Crippen molar-refractivity contribution < 1.29 is 33.4 Å². The highest BCUT2D eigenvalue weighted by molar-refractivity contribution is 6.03. The molecule has 0 aliphatic heterocycles. The Hall–Kier alpha value is -4.61. The zero-order chi connectivity index (χ0) is 25.1. The molecule has 0 atom stereocenters. The van der Waals surface area contributed by atoms with Crippen LogP contribution < -0.4 is 26.0 Å². The van der Waals surface area contributed by atoms with E-state index in [4.69, 9.17) is 4.74 Å². The summed E-state index contributed by atoms with van der Waals surface area (Å²) in [5.74, 6) is 0.0908. The van der Waals surface area contributed by atoms with Gasteiger partial charge in [0.05, 0.1) is 25.6 Å². The summed E-state index contributed by atoms with van der Waals surface area (Å²) in [5, 5.41) is 9.86. The maximum absolute atomic E-state index is 12.0. The van der Waals surface area contributed by atoms with Crippen molar-refractivity contribution in [2.45, 2.75) is 20.3 Å². The predicted octanol–water partition coefficient (Wildman–Crippen LogP) is 3.49. The van der Waals surface area contributed by atoms with E-state index in [1.807, 2.05) is 0 Å². The fourth-order valence-electron chi connectivity index (χ4n) is 2.46. The Kier molecular flexibility index (Phi) is 9.38. The normalized spacial score (nSPS) is 9.76. The number of alkyl carbamates (subject to hydrolysis) is 2. The number of anilines is 2. The van der Waals surface area contributed by atoms with Crippen LogP contribution in [0.1, 0.15) is 20.3 Å². The lowest BCUT2D eigenvalue weighted by Gasteiger charge is -2.13. The average Bonchev–Trinajstić information content (AvgIpc) is 2.81. The zero-order valence-corrected chi connectivity index (χ0v) is 19.1. The molecule has 4 N–H and O–H groups in total. The number of aliphatic imine (C=N–C) groups is 1. The van der Waals surface area contributed by atoms with Gasteiger partial charge >= 0.3 is 12.2 Å². The molecule has 12 heteroatoms. The molecule has 0 bridgehead atoms. The number of rotatable bonds is 6. The molecule has 0 aliphatic carbocycles. The summed E-state index contributed by atoms with van der Waals surface area (Å²) >= 11 is 0. The van der Waals surface area contributed by atoms with Crippen molar-refractivity contribution >= 4 is 47.0 Å². The average molecular weight is 471 g/mol. The van der Waals surface area contributed by atoms with Gasteiger partial charge in [-0.25, -0.2) is 14.6 Å². The molecule has 12 nitrogen and oxygen atoms in total. The Labute approximate surface area is 195 Å². The third kappa shape index (κ3) is 8.15. The first-order valence-corrected chi connectivity index (χ1v) is 10.0. The van der Waals surface area contributed by atoms with Gasteiger partial charge in [-0.3, -0.25) is 20.2 Å². The Morgan fingerprint density at radius 2 is 1.44 bits per heavy atom. The monoisotopic (exact) mass is 471 g/mol. The minimum Gasteiger partial charge on any atom is -0.457 e. The van der Waals surface area contributed by atoms with Gasteiger partial charge in [0, 0.05) is 25.1 Å². The minimum absolute atomic E-state index is 0.191. The van der Waals surface area contributed by atoms with Gasteiger partial charge in [-0.05, 0) is 36.4 Å². The van der Waals surface area contributed by atoms with Crippen LogP contribution in [0.5, 0.6) is 11.5 Å². The second-order valence-corrected chi connectivity index (χ2v) is 6.58. The Morgan fingerprint density at radius 1 is 0.853 bits per heavy atom.